The van der Waals surface area contributed by atoms with E-state index in [1.54, 1.807) is 25.1 Å². The van der Waals surface area contributed by atoms with Crippen molar-refractivity contribution in [1.82, 2.24) is 4.57 Å². The van der Waals surface area contributed by atoms with Crippen LogP contribution in [-0.4, -0.2) is 17.9 Å². The largest absolute Gasteiger partial charge is 0.324 e. The van der Waals surface area contributed by atoms with E-state index in [1.165, 1.54) is 12.1 Å². The van der Waals surface area contributed by atoms with E-state index in [0.29, 0.717) is 11.3 Å². The van der Waals surface area contributed by atoms with Gasteiger partial charge in [-0.3, -0.25) is 14.8 Å². The van der Waals surface area contributed by atoms with Crippen LogP contribution in [-0.2, 0) is 10.0 Å². The van der Waals surface area contributed by atoms with E-state index < -0.39 is 14.9 Å². The summed E-state index contributed by atoms with van der Waals surface area (Å²) in [5, 5.41) is 11.0. The molecule has 0 saturated heterocycles. The van der Waals surface area contributed by atoms with Crippen molar-refractivity contribution < 1.29 is 13.3 Å². The third-order valence-corrected chi connectivity index (χ3v) is 5.07. The van der Waals surface area contributed by atoms with Gasteiger partial charge in [-0.15, -0.1) is 0 Å². The zero-order valence-corrected chi connectivity index (χ0v) is 14.1. The van der Waals surface area contributed by atoms with Crippen LogP contribution in [0.15, 0.2) is 71.9 Å². The van der Waals surface area contributed by atoms with E-state index >= 15 is 0 Å². The Morgan fingerprint density at radius 1 is 1.04 bits per heavy atom. The number of nitro groups is 1. The van der Waals surface area contributed by atoms with Crippen LogP contribution in [0, 0.1) is 17.0 Å². The van der Waals surface area contributed by atoms with Crippen LogP contribution in [0.3, 0.4) is 0 Å². The smallest absolute Gasteiger partial charge is 0.273 e. The molecular formula is C17H15N3O4S. The fourth-order valence-electron chi connectivity index (χ4n) is 2.40. The van der Waals surface area contributed by atoms with Crippen molar-refractivity contribution in [3.8, 4) is 5.69 Å². The van der Waals surface area contributed by atoms with Crippen LogP contribution >= 0.6 is 0 Å². The minimum absolute atomic E-state index is 0.156. The molecule has 0 radical (unpaired) electrons. The molecule has 1 aromatic heterocycles. The van der Waals surface area contributed by atoms with Crippen LogP contribution in [0.4, 0.5) is 11.4 Å². The summed E-state index contributed by atoms with van der Waals surface area (Å²) in [4.78, 5) is 10.3. The summed E-state index contributed by atoms with van der Waals surface area (Å²) >= 11 is 0. The Hall–Kier alpha value is -3.13. The van der Waals surface area contributed by atoms with E-state index in [-0.39, 0.29) is 10.6 Å². The molecule has 1 N–H and O–H groups in total. The van der Waals surface area contributed by atoms with Gasteiger partial charge in [0, 0.05) is 29.7 Å². The lowest BCUT2D eigenvalue weighted by molar-refractivity contribution is -0.385. The number of nitrogens with zero attached hydrogens (tertiary/aromatic N) is 2. The molecule has 0 bridgehead atoms. The lowest BCUT2D eigenvalue weighted by Crippen LogP contribution is -2.13. The third-order valence-electron chi connectivity index (χ3n) is 3.69. The molecule has 0 aliphatic rings. The number of hydrogen-bond donors (Lipinski definition) is 1. The van der Waals surface area contributed by atoms with Gasteiger partial charge in [-0.05, 0) is 43.3 Å². The zero-order chi connectivity index (χ0) is 18.0. The summed E-state index contributed by atoms with van der Waals surface area (Å²) < 4.78 is 29.4. The van der Waals surface area contributed by atoms with Crippen molar-refractivity contribution in [2.24, 2.45) is 0 Å². The first kappa shape index (κ1) is 16.7. The summed E-state index contributed by atoms with van der Waals surface area (Å²) in [5.41, 5.74) is 1.33. The number of sulfonamides is 1. The molecule has 3 aromatic rings. The summed E-state index contributed by atoms with van der Waals surface area (Å²) in [6.45, 7) is 1.56. The van der Waals surface area contributed by atoms with Gasteiger partial charge >= 0.3 is 0 Å². The topological polar surface area (TPSA) is 94.2 Å². The highest BCUT2D eigenvalue weighted by molar-refractivity contribution is 7.92. The van der Waals surface area contributed by atoms with Crippen molar-refractivity contribution in [3.63, 3.8) is 0 Å². The summed E-state index contributed by atoms with van der Waals surface area (Å²) in [6, 6.07) is 14.4. The van der Waals surface area contributed by atoms with Gasteiger partial charge in [0.1, 0.15) is 0 Å². The maximum Gasteiger partial charge on any atom is 0.273 e. The van der Waals surface area contributed by atoms with Crippen molar-refractivity contribution in [2.75, 3.05) is 4.72 Å². The molecule has 0 unspecified atom stereocenters. The number of benzene rings is 2. The minimum Gasteiger partial charge on any atom is -0.324 e. The fourth-order valence-corrected chi connectivity index (χ4v) is 3.47. The Bertz CT molecular complexity index is 1030. The van der Waals surface area contributed by atoms with Crippen molar-refractivity contribution in [1.29, 1.82) is 0 Å². The Balaban J connectivity index is 1.93. The molecule has 0 aliphatic carbocycles. The van der Waals surface area contributed by atoms with Crippen LogP contribution < -0.4 is 4.72 Å². The fraction of sp³-hybridized carbons (Fsp3) is 0.0588. The second-order valence-electron chi connectivity index (χ2n) is 5.45. The predicted octanol–water partition coefficient (Wildman–Crippen LogP) is 3.49. The van der Waals surface area contributed by atoms with E-state index in [4.69, 9.17) is 0 Å². The maximum atomic E-state index is 12.5. The van der Waals surface area contributed by atoms with E-state index in [0.717, 1.165) is 11.8 Å². The van der Waals surface area contributed by atoms with Gasteiger partial charge in [-0.2, -0.15) is 0 Å². The lowest BCUT2D eigenvalue weighted by atomic mass is 10.2. The molecule has 0 amide bonds. The second-order valence-corrected chi connectivity index (χ2v) is 7.13. The molecule has 7 nitrogen and oxygen atoms in total. The third kappa shape index (κ3) is 3.53. The molecule has 25 heavy (non-hydrogen) atoms. The van der Waals surface area contributed by atoms with Crippen LogP contribution in [0.2, 0.25) is 0 Å². The Morgan fingerprint density at radius 3 is 2.44 bits per heavy atom. The number of nitro benzene ring substituents is 1. The van der Waals surface area contributed by atoms with E-state index in [2.05, 4.69) is 4.72 Å². The first-order chi connectivity index (χ1) is 11.9. The molecule has 1 heterocycles. The van der Waals surface area contributed by atoms with Crippen molar-refractivity contribution in [2.45, 2.75) is 11.8 Å². The van der Waals surface area contributed by atoms with Gasteiger partial charge in [0.2, 0.25) is 0 Å². The molecule has 0 atom stereocenters. The predicted molar refractivity (Wildman–Crippen MR) is 94.4 cm³/mol. The second kappa shape index (κ2) is 6.40. The Morgan fingerprint density at radius 2 is 1.76 bits per heavy atom. The van der Waals surface area contributed by atoms with E-state index in [9.17, 15) is 18.5 Å². The van der Waals surface area contributed by atoms with Crippen LogP contribution in [0.25, 0.3) is 5.69 Å². The average molecular weight is 357 g/mol. The highest BCUT2D eigenvalue weighted by atomic mass is 32.2. The Kier molecular flexibility index (Phi) is 4.28. The summed E-state index contributed by atoms with van der Waals surface area (Å²) in [7, 11) is -3.94. The minimum atomic E-state index is -3.94. The quantitative estimate of drug-likeness (QED) is 0.558. The first-order valence-corrected chi connectivity index (χ1v) is 8.86. The van der Waals surface area contributed by atoms with Crippen LogP contribution in [0.1, 0.15) is 5.56 Å². The highest BCUT2D eigenvalue weighted by Crippen LogP contribution is 2.24. The average Bonchev–Trinajstić information content (AvgIpc) is 3.09. The summed E-state index contributed by atoms with van der Waals surface area (Å²) in [5.74, 6) is 0. The zero-order valence-electron chi connectivity index (χ0n) is 13.3. The van der Waals surface area contributed by atoms with Gasteiger partial charge < -0.3 is 4.57 Å². The first-order valence-electron chi connectivity index (χ1n) is 7.38. The molecule has 0 saturated carbocycles. The normalized spacial score (nSPS) is 11.2. The maximum absolute atomic E-state index is 12.5. The van der Waals surface area contributed by atoms with Gasteiger partial charge in [-0.1, -0.05) is 12.1 Å². The Labute approximate surface area is 144 Å². The number of nitrogens with one attached hydrogen (secondary N) is 1. The van der Waals surface area contributed by atoms with Crippen molar-refractivity contribution >= 4 is 21.4 Å². The molecule has 8 heteroatoms. The standard InChI is InChI=1S/C17H15N3O4S/c1-13-7-8-16(12-17(13)20(21)22)25(23,24)18-14-5-4-6-15(11-14)19-9-2-3-10-19/h2-12,18H,1H3. The number of hydrogen-bond acceptors (Lipinski definition) is 4. The highest BCUT2D eigenvalue weighted by Gasteiger charge is 2.20. The molecular weight excluding hydrogens is 342 g/mol. The van der Waals surface area contributed by atoms with E-state index in [1.807, 2.05) is 35.2 Å². The number of anilines is 1. The van der Waals surface area contributed by atoms with Gasteiger partial charge in [-0.25, -0.2) is 8.42 Å². The van der Waals surface area contributed by atoms with Gasteiger partial charge in [0.05, 0.1) is 15.5 Å². The molecule has 2 aromatic carbocycles. The number of aromatic nitrogens is 1. The van der Waals surface area contributed by atoms with Crippen molar-refractivity contribution in [3.05, 3.63) is 82.7 Å². The summed E-state index contributed by atoms with van der Waals surface area (Å²) in [6.07, 6.45) is 3.69. The van der Waals surface area contributed by atoms with Crippen LogP contribution in [0.5, 0.6) is 0 Å². The SMILES string of the molecule is Cc1ccc(S(=O)(=O)Nc2cccc(-n3cccc3)c2)cc1[N+](=O)[O-]. The molecule has 0 spiro atoms. The molecule has 0 fully saturated rings. The molecule has 0 aliphatic heterocycles. The molecule has 128 valence electrons. The molecule has 3 rings (SSSR count). The van der Waals surface area contributed by atoms with Gasteiger partial charge in [0.15, 0.2) is 0 Å². The number of aryl methyl sites for hydroxylation is 1. The monoisotopic (exact) mass is 357 g/mol. The number of rotatable bonds is 5. The lowest BCUT2D eigenvalue weighted by Gasteiger charge is -2.10. The van der Waals surface area contributed by atoms with Gasteiger partial charge in [0.25, 0.3) is 15.7 Å².